The predicted octanol–water partition coefficient (Wildman–Crippen LogP) is 3.89. The van der Waals surface area contributed by atoms with Crippen LogP contribution in [0.25, 0.3) is 6.08 Å². The summed E-state index contributed by atoms with van der Waals surface area (Å²) >= 11 is 5.95. The number of halogens is 1. The van der Waals surface area contributed by atoms with E-state index in [2.05, 4.69) is 5.32 Å². The van der Waals surface area contributed by atoms with Gasteiger partial charge in [-0.15, -0.1) is 0 Å². The minimum Gasteiger partial charge on any atom is -0.493 e. The van der Waals surface area contributed by atoms with Gasteiger partial charge in [-0.3, -0.25) is 4.79 Å². The highest BCUT2D eigenvalue weighted by Crippen LogP contribution is 2.38. The van der Waals surface area contributed by atoms with Crippen LogP contribution in [0.5, 0.6) is 17.2 Å². The summed E-state index contributed by atoms with van der Waals surface area (Å²) in [5.74, 6) is 1.11. The highest BCUT2D eigenvalue weighted by atomic mass is 35.5. The molecule has 2 rings (SSSR count). The smallest absolute Gasteiger partial charge is 0.248 e. The van der Waals surface area contributed by atoms with Crippen LogP contribution < -0.4 is 19.5 Å². The van der Waals surface area contributed by atoms with E-state index in [1.165, 1.54) is 33.5 Å². The monoisotopic (exact) mass is 372 g/mol. The molecule has 1 N–H and O–H groups in total. The molecule has 0 heterocycles. The predicted molar refractivity (Wildman–Crippen MR) is 99.9 cm³/mol. The van der Waals surface area contributed by atoms with Gasteiger partial charge >= 0.3 is 0 Å². The van der Waals surface area contributed by atoms with Crippen LogP contribution in [-0.4, -0.2) is 27.2 Å². The van der Waals surface area contributed by atoms with Crippen LogP contribution in [0.15, 0.2) is 36.4 Å². The standard InChI is InChI=1S/C19H17ClN2O4/c1-24-16-8-12(9-17(25-2)19(16)26-3)4-7-18(23)22-14-6-5-13(11-21)15(20)10-14/h4-10H,1-3H3,(H,22,23)/b7-4+. The van der Waals surface area contributed by atoms with E-state index in [0.717, 1.165) is 0 Å². The molecule has 2 aromatic carbocycles. The molecule has 134 valence electrons. The van der Waals surface area contributed by atoms with Gasteiger partial charge in [0.05, 0.1) is 31.9 Å². The molecule has 0 spiro atoms. The van der Waals surface area contributed by atoms with Crippen molar-refractivity contribution in [1.82, 2.24) is 0 Å². The summed E-state index contributed by atoms with van der Waals surface area (Å²) in [5.41, 5.74) is 1.54. The Hall–Kier alpha value is -3.17. The topological polar surface area (TPSA) is 80.6 Å². The van der Waals surface area contributed by atoms with Gasteiger partial charge in [0.2, 0.25) is 11.7 Å². The number of carbonyl (C=O) groups excluding carboxylic acids is 1. The Kier molecular flexibility index (Phi) is 6.48. The molecule has 0 bridgehead atoms. The summed E-state index contributed by atoms with van der Waals surface area (Å²) in [6.45, 7) is 0. The van der Waals surface area contributed by atoms with Crippen LogP contribution in [0.3, 0.4) is 0 Å². The maximum Gasteiger partial charge on any atom is 0.248 e. The van der Waals surface area contributed by atoms with Crippen LogP contribution >= 0.6 is 11.6 Å². The first kappa shape index (κ1) is 19.2. The first-order valence-corrected chi connectivity index (χ1v) is 7.89. The third-order valence-electron chi connectivity index (χ3n) is 3.47. The van der Waals surface area contributed by atoms with Crippen molar-refractivity contribution in [3.63, 3.8) is 0 Å². The normalized spacial score (nSPS) is 10.3. The molecule has 0 fully saturated rings. The number of nitrogens with zero attached hydrogens (tertiary/aromatic N) is 1. The molecule has 1 amide bonds. The summed E-state index contributed by atoms with van der Waals surface area (Å²) in [6.07, 6.45) is 2.98. The van der Waals surface area contributed by atoms with Gasteiger partial charge in [-0.1, -0.05) is 11.6 Å². The average molecular weight is 373 g/mol. The fourth-order valence-corrected chi connectivity index (χ4v) is 2.46. The molecule has 0 saturated carbocycles. The third-order valence-corrected chi connectivity index (χ3v) is 3.78. The number of amides is 1. The van der Waals surface area contributed by atoms with E-state index in [-0.39, 0.29) is 10.9 Å². The van der Waals surface area contributed by atoms with Crippen LogP contribution in [0, 0.1) is 11.3 Å². The number of rotatable bonds is 6. The first-order chi connectivity index (χ1) is 12.5. The van der Waals surface area contributed by atoms with E-state index in [1.807, 2.05) is 6.07 Å². The molecule has 0 aromatic heterocycles. The summed E-state index contributed by atoms with van der Waals surface area (Å²) < 4.78 is 15.8. The molecule has 0 radical (unpaired) electrons. The van der Waals surface area contributed by atoms with Crippen molar-refractivity contribution in [3.8, 4) is 23.3 Å². The van der Waals surface area contributed by atoms with Crippen molar-refractivity contribution in [1.29, 1.82) is 5.26 Å². The molecule has 0 aliphatic carbocycles. The Balaban J connectivity index is 2.17. The third kappa shape index (κ3) is 4.47. The Morgan fingerprint density at radius 2 is 1.77 bits per heavy atom. The van der Waals surface area contributed by atoms with Crippen molar-refractivity contribution in [2.24, 2.45) is 0 Å². The minimum absolute atomic E-state index is 0.277. The Bertz CT molecular complexity index is 863. The highest BCUT2D eigenvalue weighted by Gasteiger charge is 2.12. The molecule has 7 heteroatoms. The average Bonchev–Trinajstić information content (AvgIpc) is 2.65. The molecule has 6 nitrogen and oxygen atoms in total. The van der Waals surface area contributed by atoms with E-state index in [1.54, 1.807) is 30.3 Å². The lowest BCUT2D eigenvalue weighted by Crippen LogP contribution is -2.07. The van der Waals surface area contributed by atoms with Gasteiger partial charge in [0, 0.05) is 11.8 Å². The van der Waals surface area contributed by atoms with Gasteiger partial charge in [0.25, 0.3) is 0 Å². The molecular formula is C19H17ClN2O4. The van der Waals surface area contributed by atoms with Crippen LogP contribution in [-0.2, 0) is 4.79 Å². The lowest BCUT2D eigenvalue weighted by atomic mass is 10.1. The fraction of sp³-hybridized carbons (Fsp3) is 0.158. The number of anilines is 1. The highest BCUT2D eigenvalue weighted by molar-refractivity contribution is 6.32. The van der Waals surface area contributed by atoms with Crippen molar-refractivity contribution in [2.45, 2.75) is 0 Å². The van der Waals surface area contributed by atoms with Gasteiger partial charge in [-0.2, -0.15) is 5.26 Å². The molecule has 0 saturated heterocycles. The number of ether oxygens (including phenoxy) is 3. The van der Waals surface area contributed by atoms with Gasteiger partial charge in [0.15, 0.2) is 11.5 Å². The first-order valence-electron chi connectivity index (χ1n) is 7.51. The zero-order chi connectivity index (χ0) is 19.1. The van der Waals surface area contributed by atoms with Crippen LogP contribution in [0.2, 0.25) is 5.02 Å². The van der Waals surface area contributed by atoms with E-state index < -0.39 is 0 Å². The zero-order valence-electron chi connectivity index (χ0n) is 14.5. The van der Waals surface area contributed by atoms with Gasteiger partial charge in [0.1, 0.15) is 6.07 Å². The Morgan fingerprint density at radius 1 is 1.12 bits per heavy atom. The van der Waals surface area contributed by atoms with Crippen LogP contribution in [0.1, 0.15) is 11.1 Å². The van der Waals surface area contributed by atoms with E-state index in [9.17, 15) is 4.79 Å². The summed E-state index contributed by atoms with van der Waals surface area (Å²) in [5, 5.41) is 11.8. The van der Waals surface area contributed by atoms with E-state index in [4.69, 9.17) is 31.1 Å². The SMILES string of the molecule is COc1cc(/C=C/C(=O)Nc2ccc(C#N)c(Cl)c2)cc(OC)c1OC. The van der Waals surface area contributed by atoms with Crippen molar-refractivity contribution in [2.75, 3.05) is 26.6 Å². The number of hydrogen-bond donors (Lipinski definition) is 1. The molecular weight excluding hydrogens is 356 g/mol. The second kappa shape index (κ2) is 8.79. The van der Waals surface area contributed by atoms with E-state index >= 15 is 0 Å². The van der Waals surface area contributed by atoms with E-state index in [0.29, 0.717) is 34.1 Å². The second-order valence-electron chi connectivity index (χ2n) is 5.09. The molecule has 0 atom stereocenters. The maximum absolute atomic E-state index is 12.1. The van der Waals surface area contributed by atoms with Crippen molar-refractivity contribution < 1.29 is 19.0 Å². The van der Waals surface area contributed by atoms with Crippen LogP contribution in [0.4, 0.5) is 5.69 Å². The number of nitriles is 1. The van der Waals surface area contributed by atoms with Gasteiger partial charge < -0.3 is 19.5 Å². The summed E-state index contributed by atoms with van der Waals surface area (Å²) in [4.78, 5) is 12.1. The molecule has 0 aliphatic rings. The maximum atomic E-state index is 12.1. The minimum atomic E-state index is -0.348. The molecule has 0 aliphatic heterocycles. The van der Waals surface area contributed by atoms with Gasteiger partial charge in [-0.05, 0) is 42.0 Å². The van der Waals surface area contributed by atoms with Gasteiger partial charge in [-0.25, -0.2) is 0 Å². The quantitative estimate of drug-likeness (QED) is 0.778. The Morgan fingerprint density at radius 3 is 2.27 bits per heavy atom. The lowest BCUT2D eigenvalue weighted by Gasteiger charge is -2.12. The molecule has 26 heavy (non-hydrogen) atoms. The zero-order valence-corrected chi connectivity index (χ0v) is 15.3. The number of nitrogens with one attached hydrogen (secondary N) is 1. The number of benzene rings is 2. The second-order valence-corrected chi connectivity index (χ2v) is 5.49. The largest absolute Gasteiger partial charge is 0.493 e. The summed E-state index contributed by atoms with van der Waals surface area (Å²) in [7, 11) is 4.56. The number of hydrogen-bond acceptors (Lipinski definition) is 5. The van der Waals surface area contributed by atoms with Crippen molar-refractivity contribution >= 4 is 29.3 Å². The summed E-state index contributed by atoms with van der Waals surface area (Å²) in [6, 6.07) is 10.1. The lowest BCUT2D eigenvalue weighted by molar-refractivity contribution is -0.111. The fourth-order valence-electron chi connectivity index (χ4n) is 2.24. The molecule has 2 aromatic rings. The Labute approximate surface area is 156 Å². The number of methoxy groups -OCH3 is 3. The molecule has 0 unspecified atom stereocenters. The number of carbonyl (C=O) groups is 1. The van der Waals surface area contributed by atoms with Crippen molar-refractivity contribution in [3.05, 3.63) is 52.6 Å².